The van der Waals surface area contributed by atoms with E-state index < -0.39 is 11.3 Å². The number of aryl methyl sites for hydroxylation is 2. The molecule has 2 aromatic heterocycles. The number of rotatable bonds is 3. The van der Waals surface area contributed by atoms with Crippen LogP contribution >= 0.6 is 11.6 Å². The molecule has 3 aromatic rings. The van der Waals surface area contributed by atoms with E-state index in [1.807, 2.05) is 6.92 Å². The third-order valence-corrected chi connectivity index (χ3v) is 3.68. The molecule has 0 aliphatic heterocycles. The van der Waals surface area contributed by atoms with Gasteiger partial charge in [0, 0.05) is 24.8 Å². The second-order valence-electron chi connectivity index (χ2n) is 5.00. The lowest BCUT2D eigenvalue weighted by molar-refractivity contribution is 0.101. The summed E-state index contributed by atoms with van der Waals surface area (Å²) >= 11 is 5.94. The maximum absolute atomic E-state index is 12.5. The van der Waals surface area contributed by atoms with Crippen molar-refractivity contribution in [3.63, 3.8) is 0 Å². The molecule has 0 saturated carbocycles. The Morgan fingerprint density at radius 1 is 1.39 bits per heavy atom. The molecular formula is C15H14ClN5O2. The second-order valence-corrected chi connectivity index (χ2v) is 5.44. The van der Waals surface area contributed by atoms with Crippen LogP contribution in [0.3, 0.4) is 0 Å². The Morgan fingerprint density at radius 3 is 2.87 bits per heavy atom. The van der Waals surface area contributed by atoms with Gasteiger partial charge in [0.15, 0.2) is 5.69 Å². The van der Waals surface area contributed by atoms with Crippen LogP contribution in [0, 0.1) is 0 Å². The van der Waals surface area contributed by atoms with Gasteiger partial charge in [-0.3, -0.25) is 19.0 Å². The molecule has 0 atom stereocenters. The van der Waals surface area contributed by atoms with Crippen molar-refractivity contribution >= 4 is 34.1 Å². The van der Waals surface area contributed by atoms with E-state index in [1.54, 1.807) is 30.1 Å². The molecule has 0 spiro atoms. The van der Waals surface area contributed by atoms with Gasteiger partial charge in [-0.15, -0.1) is 0 Å². The maximum Gasteiger partial charge on any atom is 0.280 e. The van der Waals surface area contributed by atoms with Gasteiger partial charge >= 0.3 is 0 Å². The van der Waals surface area contributed by atoms with Crippen LogP contribution in [0.5, 0.6) is 0 Å². The van der Waals surface area contributed by atoms with E-state index in [2.05, 4.69) is 15.5 Å². The number of amides is 1. The van der Waals surface area contributed by atoms with Crippen molar-refractivity contribution < 1.29 is 4.79 Å². The summed E-state index contributed by atoms with van der Waals surface area (Å²) in [6.07, 6.45) is 3.20. The Morgan fingerprint density at radius 2 is 2.17 bits per heavy atom. The van der Waals surface area contributed by atoms with Crippen molar-refractivity contribution in [2.75, 3.05) is 5.32 Å². The first kappa shape index (κ1) is 15.2. The zero-order chi connectivity index (χ0) is 16.6. The van der Waals surface area contributed by atoms with Crippen LogP contribution in [-0.2, 0) is 13.6 Å². The van der Waals surface area contributed by atoms with E-state index in [4.69, 9.17) is 11.6 Å². The van der Waals surface area contributed by atoms with Crippen LogP contribution in [-0.4, -0.2) is 25.5 Å². The van der Waals surface area contributed by atoms with Crippen molar-refractivity contribution in [2.45, 2.75) is 13.5 Å². The molecule has 3 rings (SSSR count). The highest BCUT2D eigenvalue weighted by molar-refractivity contribution is 6.31. The SMILES string of the molecule is CCn1cc(NC(=O)c2nn(C)c3ccc(Cl)cc3c2=O)cn1. The molecule has 1 N–H and O–H groups in total. The molecule has 0 fully saturated rings. The van der Waals surface area contributed by atoms with Gasteiger partial charge in [-0.05, 0) is 25.1 Å². The average molecular weight is 332 g/mol. The first-order valence-electron chi connectivity index (χ1n) is 7.00. The summed E-state index contributed by atoms with van der Waals surface area (Å²) in [5.74, 6) is -0.580. The monoisotopic (exact) mass is 331 g/mol. The number of carbonyl (C=O) groups excluding carboxylic acids is 1. The lowest BCUT2D eigenvalue weighted by Crippen LogP contribution is -2.26. The number of halogens is 1. The number of carbonyl (C=O) groups is 1. The molecule has 0 aliphatic rings. The van der Waals surface area contributed by atoms with Crippen LogP contribution in [0.25, 0.3) is 10.9 Å². The summed E-state index contributed by atoms with van der Waals surface area (Å²) in [4.78, 5) is 24.9. The number of fused-ring (bicyclic) bond motifs is 1. The van der Waals surface area contributed by atoms with Crippen LogP contribution in [0.2, 0.25) is 5.02 Å². The minimum absolute atomic E-state index is 0.188. The number of anilines is 1. The van der Waals surface area contributed by atoms with E-state index in [1.165, 1.54) is 16.9 Å². The highest BCUT2D eigenvalue weighted by Gasteiger charge is 2.17. The molecule has 0 radical (unpaired) electrons. The average Bonchev–Trinajstić information content (AvgIpc) is 2.98. The van der Waals surface area contributed by atoms with Crippen LogP contribution in [0.15, 0.2) is 35.4 Å². The van der Waals surface area contributed by atoms with Crippen molar-refractivity contribution in [1.29, 1.82) is 0 Å². The van der Waals surface area contributed by atoms with Crippen molar-refractivity contribution in [3.05, 3.63) is 51.5 Å². The van der Waals surface area contributed by atoms with Gasteiger partial charge in [-0.25, -0.2) is 0 Å². The number of hydrogen-bond acceptors (Lipinski definition) is 4. The van der Waals surface area contributed by atoms with Crippen molar-refractivity contribution in [3.8, 4) is 0 Å². The number of aromatic nitrogens is 4. The maximum atomic E-state index is 12.5. The van der Waals surface area contributed by atoms with Gasteiger partial charge in [-0.2, -0.15) is 10.2 Å². The molecule has 2 heterocycles. The van der Waals surface area contributed by atoms with Gasteiger partial charge in [0.25, 0.3) is 5.91 Å². The Labute approximate surface area is 136 Å². The van der Waals surface area contributed by atoms with E-state index in [0.717, 1.165) is 0 Å². The Bertz CT molecular complexity index is 960. The molecule has 8 heteroatoms. The number of nitrogens with one attached hydrogen (secondary N) is 1. The smallest absolute Gasteiger partial charge is 0.280 e. The van der Waals surface area contributed by atoms with E-state index >= 15 is 0 Å². The number of nitrogens with zero attached hydrogens (tertiary/aromatic N) is 4. The first-order chi connectivity index (χ1) is 11.0. The molecule has 118 valence electrons. The first-order valence-corrected chi connectivity index (χ1v) is 7.37. The number of benzene rings is 1. The zero-order valence-electron chi connectivity index (χ0n) is 12.6. The molecule has 0 unspecified atom stereocenters. The predicted molar refractivity (Wildman–Crippen MR) is 87.8 cm³/mol. The predicted octanol–water partition coefficient (Wildman–Crippen LogP) is 2.06. The molecule has 0 bridgehead atoms. The molecule has 1 aromatic carbocycles. The minimum Gasteiger partial charge on any atom is -0.318 e. The van der Waals surface area contributed by atoms with E-state index in [0.29, 0.717) is 28.2 Å². The molecule has 7 nitrogen and oxygen atoms in total. The third kappa shape index (κ3) is 2.83. The topological polar surface area (TPSA) is 81.8 Å². The summed E-state index contributed by atoms with van der Waals surface area (Å²) in [6.45, 7) is 2.62. The molecule has 23 heavy (non-hydrogen) atoms. The molecular weight excluding hydrogens is 318 g/mol. The quantitative estimate of drug-likeness (QED) is 0.796. The van der Waals surface area contributed by atoms with E-state index in [9.17, 15) is 9.59 Å². The standard InChI is InChI=1S/C15H14ClN5O2/c1-3-21-8-10(7-17-21)18-15(23)13-14(22)11-6-9(16)4-5-12(11)20(2)19-13/h4-8H,3H2,1-2H3,(H,18,23). The fourth-order valence-corrected chi connectivity index (χ4v) is 2.46. The van der Waals surface area contributed by atoms with Gasteiger partial charge in [-0.1, -0.05) is 11.6 Å². The number of hydrogen-bond donors (Lipinski definition) is 1. The van der Waals surface area contributed by atoms with Gasteiger partial charge < -0.3 is 5.32 Å². The fraction of sp³-hybridized carbons (Fsp3) is 0.200. The highest BCUT2D eigenvalue weighted by Crippen LogP contribution is 2.16. The van der Waals surface area contributed by atoms with Crippen molar-refractivity contribution in [1.82, 2.24) is 19.6 Å². The summed E-state index contributed by atoms with van der Waals surface area (Å²) in [5, 5.41) is 11.5. The van der Waals surface area contributed by atoms with Crippen LogP contribution in [0.4, 0.5) is 5.69 Å². The Kier molecular flexibility index (Phi) is 3.87. The molecule has 1 amide bonds. The second kappa shape index (κ2) is 5.85. The van der Waals surface area contributed by atoms with Gasteiger partial charge in [0.1, 0.15) is 0 Å². The highest BCUT2D eigenvalue weighted by atomic mass is 35.5. The summed E-state index contributed by atoms with van der Waals surface area (Å²) < 4.78 is 3.15. The van der Waals surface area contributed by atoms with Gasteiger partial charge in [0.2, 0.25) is 5.43 Å². The Hall–Kier alpha value is -2.67. The van der Waals surface area contributed by atoms with E-state index in [-0.39, 0.29) is 5.69 Å². The van der Waals surface area contributed by atoms with Crippen LogP contribution in [0.1, 0.15) is 17.4 Å². The minimum atomic E-state index is -0.580. The molecule has 0 aliphatic carbocycles. The Balaban J connectivity index is 2.03. The fourth-order valence-electron chi connectivity index (χ4n) is 2.29. The largest absolute Gasteiger partial charge is 0.318 e. The summed E-state index contributed by atoms with van der Waals surface area (Å²) in [5.41, 5.74) is 0.467. The normalized spacial score (nSPS) is 10.9. The summed E-state index contributed by atoms with van der Waals surface area (Å²) in [6, 6.07) is 4.90. The molecule has 0 saturated heterocycles. The lowest BCUT2D eigenvalue weighted by Gasteiger charge is -2.08. The summed E-state index contributed by atoms with van der Waals surface area (Å²) in [7, 11) is 1.67. The lowest BCUT2D eigenvalue weighted by atomic mass is 10.2. The van der Waals surface area contributed by atoms with Crippen LogP contribution < -0.4 is 10.7 Å². The van der Waals surface area contributed by atoms with Crippen molar-refractivity contribution in [2.24, 2.45) is 7.05 Å². The third-order valence-electron chi connectivity index (χ3n) is 3.45. The zero-order valence-corrected chi connectivity index (χ0v) is 13.3. The van der Waals surface area contributed by atoms with Gasteiger partial charge in [0.05, 0.1) is 22.8 Å².